The molecule has 39 heavy (non-hydrogen) atoms. The highest BCUT2D eigenvalue weighted by Gasteiger charge is 2.35. The molecule has 6 rings (SSSR count). The molecule has 1 aliphatic carbocycles. The van der Waals surface area contributed by atoms with E-state index >= 15 is 0 Å². The molecule has 13 heteroatoms. The molecule has 206 valence electrons. The van der Waals surface area contributed by atoms with Crippen molar-refractivity contribution in [3.05, 3.63) is 42.5 Å². The number of halogens is 3. The normalized spacial score (nSPS) is 20.9. The molecule has 0 radical (unpaired) electrons. The fourth-order valence-corrected chi connectivity index (χ4v) is 5.34. The van der Waals surface area contributed by atoms with Crippen LogP contribution in [0.4, 0.5) is 19.1 Å². The van der Waals surface area contributed by atoms with Gasteiger partial charge >= 0.3 is 6.36 Å². The van der Waals surface area contributed by atoms with Gasteiger partial charge in [-0.05, 0) is 56.2 Å². The summed E-state index contributed by atoms with van der Waals surface area (Å²) in [6.45, 7) is 1.28. The molecule has 1 aliphatic heterocycles. The predicted octanol–water partition coefficient (Wildman–Crippen LogP) is 4.44. The summed E-state index contributed by atoms with van der Waals surface area (Å²) in [7, 11) is 0. The molecule has 2 aliphatic rings. The topological polar surface area (TPSA) is 118 Å². The van der Waals surface area contributed by atoms with Crippen molar-refractivity contribution in [2.45, 2.75) is 63.1 Å². The van der Waals surface area contributed by atoms with Crippen LogP contribution in [0.15, 0.2) is 36.9 Å². The van der Waals surface area contributed by atoms with Crippen LogP contribution in [0, 0.1) is 0 Å². The second-order valence-electron chi connectivity index (χ2n) is 10.0. The van der Waals surface area contributed by atoms with Crippen LogP contribution in [0.1, 0.15) is 48.9 Å². The van der Waals surface area contributed by atoms with E-state index in [1.165, 1.54) is 0 Å². The third-order valence-corrected chi connectivity index (χ3v) is 7.37. The van der Waals surface area contributed by atoms with Crippen molar-refractivity contribution < 1.29 is 27.4 Å². The van der Waals surface area contributed by atoms with Crippen LogP contribution in [0.2, 0.25) is 0 Å². The molecule has 0 spiro atoms. The number of aromatic nitrogens is 5. The van der Waals surface area contributed by atoms with Gasteiger partial charge in [0, 0.05) is 54.8 Å². The van der Waals surface area contributed by atoms with E-state index in [-0.39, 0.29) is 18.0 Å². The maximum atomic E-state index is 13.0. The summed E-state index contributed by atoms with van der Waals surface area (Å²) in [6.07, 6.45) is 4.81. The number of nitrogens with one attached hydrogen (secondary N) is 3. The Morgan fingerprint density at radius 3 is 2.67 bits per heavy atom. The van der Waals surface area contributed by atoms with Crippen LogP contribution in [0.25, 0.3) is 27.7 Å². The monoisotopic (exact) mass is 543 g/mol. The molecule has 2 fully saturated rings. The number of hydrogen-bond acceptors (Lipinski definition) is 7. The Labute approximate surface area is 221 Å². The number of anilines is 1. The second-order valence-corrected chi connectivity index (χ2v) is 10.0. The van der Waals surface area contributed by atoms with Gasteiger partial charge in [-0.3, -0.25) is 9.53 Å². The van der Waals surface area contributed by atoms with E-state index in [9.17, 15) is 18.0 Å². The molecule has 0 atom stereocenters. The minimum atomic E-state index is -4.61. The predicted molar refractivity (Wildman–Crippen MR) is 136 cm³/mol. The summed E-state index contributed by atoms with van der Waals surface area (Å²) in [5, 5.41) is 11.5. The van der Waals surface area contributed by atoms with E-state index < -0.39 is 12.5 Å². The lowest BCUT2D eigenvalue weighted by molar-refractivity contribution is -0.345. The van der Waals surface area contributed by atoms with Gasteiger partial charge in [-0.1, -0.05) is 0 Å². The first-order valence-corrected chi connectivity index (χ1v) is 13.0. The summed E-state index contributed by atoms with van der Waals surface area (Å²) in [5.41, 5.74) is 3.57. The zero-order valence-electron chi connectivity index (χ0n) is 21.0. The average Bonchev–Trinajstić information content (AvgIpc) is 3.53. The molecule has 1 amide bonds. The maximum Gasteiger partial charge on any atom is 0.522 e. The van der Waals surface area contributed by atoms with Crippen LogP contribution >= 0.6 is 0 Å². The minimum absolute atomic E-state index is 0.0278. The summed E-state index contributed by atoms with van der Waals surface area (Å²) in [6, 6.07) is 3.89. The first kappa shape index (κ1) is 25.6. The molecule has 4 aromatic rings. The van der Waals surface area contributed by atoms with Crippen molar-refractivity contribution in [2.24, 2.45) is 0 Å². The smallest absolute Gasteiger partial charge is 0.381 e. The highest BCUT2D eigenvalue weighted by Crippen LogP contribution is 2.31. The van der Waals surface area contributed by atoms with E-state index in [2.05, 4.69) is 35.4 Å². The number of aromatic amines is 1. The SMILES string of the molecule is O=C(NC1CCOCC1)c1cnn2ccc(-c3c[nH]c4nc(NC5CCC(OC(F)(F)F)CC5)ncc34)cc12. The molecule has 3 N–H and O–H groups in total. The van der Waals surface area contributed by atoms with Crippen LogP contribution in [-0.2, 0) is 9.47 Å². The first-order valence-electron chi connectivity index (χ1n) is 13.0. The number of hydrogen-bond donors (Lipinski definition) is 3. The third-order valence-electron chi connectivity index (χ3n) is 7.37. The van der Waals surface area contributed by atoms with E-state index in [0.717, 1.165) is 29.4 Å². The summed E-state index contributed by atoms with van der Waals surface area (Å²) < 4.78 is 48.6. The van der Waals surface area contributed by atoms with Crippen molar-refractivity contribution in [1.82, 2.24) is 29.9 Å². The number of rotatable bonds is 6. The fourth-order valence-electron chi connectivity index (χ4n) is 5.34. The van der Waals surface area contributed by atoms with Crippen molar-refractivity contribution in [3.8, 4) is 11.1 Å². The first-order chi connectivity index (χ1) is 18.8. The molecule has 0 unspecified atom stereocenters. The Morgan fingerprint density at radius 1 is 1.10 bits per heavy atom. The largest absolute Gasteiger partial charge is 0.522 e. The summed E-state index contributed by atoms with van der Waals surface area (Å²) in [5.74, 6) is 0.250. The fraction of sp³-hybridized carbons (Fsp3) is 0.462. The number of H-pyrrole nitrogens is 1. The van der Waals surface area contributed by atoms with Gasteiger partial charge in [0.2, 0.25) is 5.95 Å². The highest BCUT2D eigenvalue weighted by molar-refractivity contribution is 6.02. The zero-order valence-corrected chi connectivity index (χ0v) is 21.0. The minimum Gasteiger partial charge on any atom is -0.381 e. The summed E-state index contributed by atoms with van der Waals surface area (Å²) in [4.78, 5) is 25.2. The number of pyridine rings is 1. The van der Waals surface area contributed by atoms with Gasteiger partial charge < -0.3 is 20.4 Å². The van der Waals surface area contributed by atoms with Crippen LogP contribution in [0.5, 0.6) is 0 Å². The molecule has 1 saturated carbocycles. The molecular weight excluding hydrogens is 515 g/mol. The molecule has 0 bridgehead atoms. The Bertz CT molecular complexity index is 1470. The lowest BCUT2D eigenvalue weighted by atomic mass is 9.93. The zero-order chi connectivity index (χ0) is 27.0. The van der Waals surface area contributed by atoms with Crippen LogP contribution in [-0.4, -0.2) is 68.2 Å². The number of carbonyl (C=O) groups excluding carboxylic acids is 1. The standard InChI is InChI=1S/C26H28F3N7O3/c27-26(28,29)39-18-3-1-16(2-4-18)34-25-31-13-20-19(12-30-23(20)35-25)15-5-8-36-22(11-15)21(14-32-36)24(37)33-17-6-9-38-10-7-17/h5,8,11-14,16-18H,1-4,6-7,9-10H2,(H,33,37)(H2,30,31,34,35). The molecule has 1 saturated heterocycles. The van der Waals surface area contributed by atoms with E-state index in [0.29, 0.717) is 61.6 Å². The highest BCUT2D eigenvalue weighted by atomic mass is 19.4. The van der Waals surface area contributed by atoms with Gasteiger partial charge in [-0.25, -0.2) is 9.50 Å². The van der Waals surface area contributed by atoms with Gasteiger partial charge in [0.15, 0.2) is 0 Å². The number of nitrogens with zero attached hydrogens (tertiary/aromatic N) is 4. The van der Waals surface area contributed by atoms with E-state index in [1.54, 1.807) is 16.9 Å². The third kappa shape index (κ3) is 5.69. The lowest BCUT2D eigenvalue weighted by Gasteiger charge is -2.29. The number of carbonyl (C=O) groups is 1. The van der Waals surface area contributed by atoms with Crippen LogP contribution in [0.3, 0.4) is 0 Å². The maximum absolute atomic E-state index is 13.0. The number of alkyl halides is 3. The van der Waals surface area contributed by atoms with Gasteiger partial charge in [0.05, 0.1) is 23.4 Å². The van der Waals surface area contributed by atoms with E-state index in [1.807, 2.05) is 24.5 Å². The second kappa shape index (κ2) is 10.5. The lowest BCUT2D eigenvalue weighted by Crippen LogP contribution is -2.38. The van der Waals surface area contributed by atoms with Gasteiger partial charge in [-0.15, -0.1) is 13.2 Å². The quantitative estimate of drug-likeness (QED) is 0.329. The van der Waals surface area contributed by atoms with Gasteiger partial charge in [0.25, 0.3) is 5.91 Å². The summed E-state index contributed by atoms with van der Waals surface area (Å²) >= 11 is 0. The Morgan fingerprint density at radius 2 is 1.90 bits per heavy atom. The number of ether oxygens (including phenoxy) is 2. The van der Waals surface area contributed by atoms with Gasteiger partial charge in [-0.2, -0.15) is 10.1 Å². The van der Waals surface area contributed by atoms with Crippen molar-refractivity contribution >= 4 is 28.4 Å². The van der Waals surface area contributed by atoms with E-state index in [4.69, 9.17) is 4.74 Å². The Hall–Kier alpha value is -3.71. The van der Waals surface area contributed by atoms with Crippen molar-refractivity contribution in [2.75, 3.05) is 18.5 Å². The van der Waals surface area contributed by atoms with Crippen molar-refractivity contribution in [3.63, 3.8) is 0 Å². The molecule has 5 heterocycles. The van der Waals surface area contributed by atoms with Crippen molar-refractivity contribution in [1.29, 1.82) is 0 Å². The molecular formula is C26H28F3N7O3. The molecule has 10 nitrogen and oxygen atoms in total. The number of fused-ring (bicyclic) bond motifs is 2. The molecule has 4 aromatic heterocycles. The Kier molecular flexibility index (Phi) is 6.85. The number of amides is 1. The molecule has 0 aromatic carbocycles. The average molecular weight is 544 g/mol. The van der Waals surface area contributed by atoms with Crippen LogP contribution < -0.4 is 10.6 Å². The Balaban J connectivity index is 1.17. The van der Waals surface area contributed by atoms with Gasteiger partial charge in [0.1, 0.15) is 5.65 Å².